The summed E-state index contributed by atoms with van der Waals surface area (Å²) in [5.41, 5.74) is 5.98. The van der Waals surface area contributed by atoms with Gasteiger partial charge in [0.15, 0.2) is 11.9 Å². The first-order valence-electron chi connectivity index (χ1n) is 4.05. The number of hydrogen-bond donors (Lipinski definition) is 4. The van der Waals surface area contributed by atoms with Crippen molar-refractivity contribution in [2.45, 2.75) is 6.10 Å². The molecule has 0 saturated heterocycles. The van der Waals surface area contributed by atoms with Gasteiger partial charge in [0.2, 0.25) is 0 Å². The molecule has 0 fully saturated rings. The van der Waals surface area contributed by atoms with E-state index in [1.54, 1.807) is 0 Å². The van der Waals surface area contributed by atoms with Crippen molar-refractivity contribution in [3.8, 4) is 0 Å². The quantitative estimate of drug-likeness (QED) is 0.240. The van der Waals surface area contributed by atoms with Gasteiger partial charge in [-0.3, -0.25) is 0 Å². The minimum absolute atomic E-state index is 0.0774. The molecule has 0 saturated carbocycles. The first kappa shape index (κ1) is 11.0. The predicted molar refractivity (Wildman–Crippen MR) is 51.5 cm³/mol. The van der Waals surface area contributed by atoms with Crippen molar-refractivity contribution < 1.29 is 20.2 Å². The Morgan fingerprint density at radius 1 is 1.33 bits per heavy atom. The lowest BCUT2D eigenvalue weighted by Crippen LogP contribution is -2.14. The van der Waals surface area contributed by atoms with Crippen LogP contribution in [-0.4, -0.2) is 27.2 Å². The molecule has 0 spiro atoms. The lowest BCUT2D eigenvalue weighted by Gasteiger charge is -2.06. The Kier molecular flexibility index (Phi) is 3.25. The van der Waals surface area contributed by atoms with Crippen molar-refractivity contribution in [2.75, 3.05) is 0 Å². The average Bonchev–Trinajstić information content (AvgIpc) is 2.27. The van der Waals surface area contributed by atoms with Gasteiger partial charge in [-0.2, -0.15) is 0 Å². The minimum atomic E-state index is -1.56. The monoisotopic (exact) mass is 210 g/mol. The first-order valence-corrected chi connectivity index (χ1v) is 4.05. The third-order valence-corrected chi connectivity index (χ3v) is 1.86. The molecule has 1 aromatic carbocycles. The van der Waals surface area contributed by atoms with Gasteiger partial charge in [-0.25, -0.2) is 4.79 Å². The summed E-state index contributed by atoms with van der Waals surface area (Å²) >= 11 is 0. The highest BCUT2D eigenvalue weighted by Gasteiger charge is 2.15. The molecule has 0 radical (unpaired) electrons. The van der Waals surface area contributed by atoms with Crippen LogP contribution in [0.1, 0.15) is 17.2 Å². The van der Waals surface area contributed by atoms with E-state index in [0.717, 1.165) is 0 Å². The molecule has 6 heteroatoms. The maximum Gasteiger partial charge on any atom is 0.337 e. The van der Waals surface area contributed by atoms with Crippen LogP contribution in [0, 0.1) is 0 Å². The van der Waals surface area contributed by atoms with Crippen LogP contribution in [0.25, 0.3) is 0 Å². The highest BCUT2D eigenvalue weighted by atomic mass is 16.4. The summed E-state index contributed by atoms with van der Waals surface area (Å²) in [5.74, 6) is -1.40. The Bertz CT molecular complexity index is 386. The molecular formula is C9H10N2O4. The molecule has 0 bridgehead atoms. The molecule has 1 rings (SSSR count). The molecule has 1 aromatic rings. The van der Waals surface area contributed by atoms with Crippen LogP contribution < -0.4 is 5.73 Å². The first-order chi connectivity index (χ1) is 7.06. The predicted octanol–water partition coefficient (Wildman–Crippen LogP) is -0.101. The standard InChI is InChI=1S/C9H10N2O4/c10-8(11-15)6-3-1-5(2-4-6)7(12)9(13)14/h1-4,7,12,15H,(H2,10,11)(H,13,14). The van der Waals surface area contributed by atoms with Crippen molar-refractivity contribution in [2.24, 2.45) is 10.9 Å². The van der Waals surface area contributed by atoms with Crippen molar-refractivity contribution in [1.82, 2.24) is 0 Å². The van der Waals surface area contributed by atoms with Gasteiger partial charge in [-0.15, -0.1) is 0 Å². The molecule has 0 aromatic heterocycles. The number of aliphatic hydroxyl groups excluding tert-OH is 1. The number of nitrogens with two attached hydrogens (primary N) is 1. The molecule has 0 aliphatic heterocycles. The van der Waals surface area contributed by atoms with Gasteiger partial charge >= 0.3 is 5.97 Å². The summed E-state index contributed by atoms with van der Waals surface area (Å²) in [6, 6.07) is 5.70. The fourth-order valence-corrected chi connectivity index (χ4v) is 1.04. The van der Waals surface area contributed by atoms with E-state index in [9.17, 15) is 9.90 Å². The number of aliphatic carboxylic acids is 1. The highest BCUT2D eigenvalue weighted by Crippen LogP contribution is 2.13. The number of oxime groups is 1. The number of nitrogens with zero attached hydrogens (tertiary/aromatic N) is 1. The summed E-state index contributed by atoms with van der Waals surface area (Å²) in [4.78, 5) is 10.4. The molecule has 0 aliphatic carbocycles. The van der Waals surface area contributed by atoms with Crippen molar-refractivity contribution in [3.05, 3.63) is 35.4 Å². The summed E-state index contributed by atoms with van der Waals surface area (Å²) in [7, 11) is 0. The van der Waals surface area contributed by atoms with E-state index in [0.29, 0.717) is 5.56 Å². The summed E-state index contributed by atoms with van der Waals surface area (Å²) in [6.07, 6.45) is -1.56. The van der Waals surface area contributed by atoms with E-state index in [1.807, 2.05) is 0 Å². The molecule has 1 unspecified atom stereocenters. The minimum Gasteiger partial charge on any atom is -0.479 e. The smallest absolute Gasteiger partial charge is 0.337 e. The summed E-state index contributed by atoms with van der Waals surface area (Å²) in [6.45, 7) is 0. The van der Waals surface area contributed by atoms with E-state index in [-0.39, 0.29) is 11.4 Å². The molecule has 1 atom stereocenters. The Hall–Kier alpha value is -2.08. The molecule has 0 heterocycles. The number of aliphatic hydroxyl groups is 1. The van der Waals surface area contributed by atoms with Crippen LogP contribution in [0.3, 0.4) is 0 Å². The van der Waals surface area contributed by atoms with Gasteiger partial charge in [-0.05, 0) is 5.56 Å². The second-order valence-electron chi connectivity index (χ2n) is 2.85. The van der Waals surface area contributed by atoms with E-state index in [2.05, 4.69) is 5.16 Å². The van der Waals surface area contributed by atoms with Gasteiger partial charge in [0, 0.05) is 5.56 Å². The van der Waals surface area contributed by atoms with Crippen LogP contribution >= 0.6 is 0 Å². The zero-order valence-corrected chi connectivity index (χ0v) is 7.66. The van der Waals surface area contributed by atoms with E-state index >= 15 is 0 Å². The molecule has 15 heavy (non-hydrogen) atoms. The molecule has 5 N–H and O–H groups in total. The van der Waals surface area contributed by atoms with Crippen LogP contribution in [0.4, 0.5) is 0 Å². The third kappa shape index (κ3) is 2.44. The molecule has 6 nitrogen and oxygen atoms in total. The zero-order valence-electron chi connectivity index (χ0n) is 7.66. The maximum atomic E-state index is 10.4. The zero-order chi connectivity index (χ0) is 11.4. The van der Waals surface area contributed by atoms with Gasteiger partial charge in [-0.1, -0.05) is 29.4 Å². The van der Waals surface area contributed by atoms with Gasteiger partial charge < -0.3 is 21.2 Å². The van der Waals surface area contributed by atoms with Crippen LogP contribution in [0.5, 0.6) is 0 Å². The Balaban J connectivity index is 2.95. The van der Waals surface area contributed by atoms with Crippen LogP contribution in [-0.2, 0) is 4.79 Å². The van der Waals surface area contributed by atoms with E-state index in [4.69, 9.17) is 16.0 Å². The van der Waals surface area contributed by atoms with Gasteiger partial charge in [0.1, 0.15) is 0 Å². The highest BCUT2D eigenvalue weighted by molar-refractivity contribution is 5.97. The largest absolute Gasteiger partial charge is 0.479 e. The number of rotatable bonds is 3. The Labute approximate surface area is 85.3 Å². The molecule has 0 amide bonds. The van der Waals surface area contributed by atoms with E-state index in [1.165, 1.54) is 24.3 Å². The molecule has 0 aliphatic rings. The fraction of sp³-hybridized carbons (Fsp3) is 0.111. The maximum absolute atomic E-state index is 10.4. The second-order valence-corrected chi connectivity index (χ2v) is 2.85. The van der Waals surface area contributed by atoms with Crippen molar-refractivity contribution >= 4 is 11.8 Å². The number of carbonyl (C=O) groups is 1. The van der Waals surface area contributed by atoms with Crippen LogP contribution in [0.15, 0.2) is 29.4 Å². The fourth-order valence-electron chi connectivity index (χ4n) is 1.04. The number of carboxylic acid groups (broad SMARTS) is 1. The number of amidine groups is 1. The van der Waals surface area contributed by atoms with Gasteiger partial charge in [0.05, 0.1) is 0 Å². The topological polar surface area (TPSA) is 116 Å². The number of hydrogen-bond acceptors (Lipinski definition) is 4. The molecule has 80 valence electrons. The van der Waals surface area contributed by atoms with Crippen molar-refractivity contribution in [1.29, 1.82) is 0 Å². The summed E-state index contributed by atoms with van der Waals surface area (Å²) < 4.78 is 0. The Morgan fingerprint density at radius 3 is 2.27 bits per heavy atom. The normalized spacial score (nSPS) is 13.5. The average molecular weight is 210 g/mol. The molecular weight excluding hydrogens is 200 g/mol. The third-order valence-electron chi connectivity index (χ3n) is 1.86. The summed E-state index contributed by atoms with van der Waals surface area (Å²) in [5, 5.41) is 28.9. The van der Waals surface area contributed by atoms with Gasteiger partial charge in [0.25, 0.3) is 0 Å². The number of benzene rings is 1. The lowest BCUT2D eigenvalue weighted by molar-refractivity contribution is -0.146. The second kappa shape index (κ2) is 4.43. The van der Waals surface area contributed by atoms with Crippen molar-refractivity contribution in [3.63, 3.8) is 0 Å². The van der Waals surface area contributed by atoms with Crippen LogP contribution in [0.2, 0.25) is 0 Å². The Morgan fingerprint density at radius 2 is 1.87 bits per heavy atom. The lowest BCUT2D eigenvalue weighted by atomic mass is 10.1. The van der Waals surface area contributed by atoms with E-state index < -0.39 is 12.1 Å². The number of carboxylic acids is 1. The SMILES string of the molecule is NC(=NO)c1ccc(C(O)C(=O)O)cc1.